The van der Waals surface area contributed by atoms with Gasteiger partial charge in [0.2, 0.25) is 0 Å². The number of rotatable bonds is 8. The van der Waals surface area contributed by atoms with Crippen molar-refractivity contribution < 1.29 is 15.2 Å². The van der Waals surface area contributed by atoms with Gasteiger partial charge in [0.15, 0.2) is 0 Å². The Bertz CT molecular complexity index is 301. The minimum atomic E-state index is -0.945. The van der Waals surface area contributed by atoms with Crippen molar-refractivity contribution in [3.8, 4) is 0 Å². The molecule has 1 heterocycles. The van der Waals surface area contributed by atoms with Crippen molar-refractivity contribution in [1.82, 2.24) is 4.98 Å². The number of unbranched alkanes of at least 4 members (excludes halogenated alkanes) is 2. The third-order valence-corrected chi connectivity index (χ3v) is 2.39. The first kappa shape index (κ1) is 12.6. The predicted octanol–water partition coefficient (Wildman–Crippen LogP) is -0.545. The maximum absolute atomic E-state index is 10.1. The fourth-order valence-electron chi connectivity index (χ4n) is 1.52. The lowest BCUT2D eigenvalue weighted by Gasteiger charge is -2.02. The van der Waals surface area contributed by atoms with E-state index in [2.05, 4.69) is 16.4 Å². The summed E-state index contributed by atoms with van der Waals surface area (Å²) < 4.78 is 0. The molecule has 0 atom stereocenters. The average molecular weight is 222 g/mol. The summed E-state index contributed by atoms with van der Waals surface area (Å²) in [6.45, 7) is 1.97. The minimum absolute atomic E-state index is 0.183. The van der Waals surface area contributed by atoms with Gasteiger partial charge in [0, 0.05) is 23.9 Å². The quantitative estimate of drug-likeness (QED) is 0.600. The molecule has 16 heavy (non-hydrogen) atoms. The van der Waals surface area contributed by atoms with Crippen LogP contribution in [0.5, 0.6) is 0 Å². The normalized spacial score (nSPS) is 10.2. The van der Waals surface area contributed by atoms with Gasteiger partial charge in [0.1, 0.15) is 6.54 Å². The lowest BCUT2D eigenvalue weighted by molar-refractivity contribution is -0.671. The number of aliphatic carboxylic acids is 1. The zero-order valence-electron chi connectivity index (χ0n) is 9.39. The fraction of sp³-hybridized carbons (Fsp3) is 0.500. The number of carboxylic acid groups (broad SMARTS) is 1. The molecule has 0 aliphatic rings. The summed E-state index contributed by atoms with van der Waals surface area (Å²) in [7, 11) is 0. The molecule has 4 heteroatoms. The molecule has 0 saturated carbocycles. The van der Waals surface area contributed by atoms with Gasteiger partial charge in [-0.3, -0.25) is 4.98 Å². The summed E-state index contributed by atoms with van der Waals surface area (Å²) in [5, 5.41) is 12.4. The van der Waals surface area contributed by atoms with Crippen molar-refractivity contribution in [3.05, 3.63) is 30.1 Å². The first-order valence-corrected chi connectivity index (χ1v) is 5.69. The average Bonchev–Trinajstić information content (AvgIpc) is 2.29. The van der Waals surface area contributed by atoms with Gasteiger partial charge in [-0.25, -0.2) is 0 Å². The zero-order chi connectivity index (χ0) is 11.6. The Morgan fingerprint density at radius 3 is 2.94 bits per heavy atom. The number of quaternary nitrogens is 1. The van der Waals surface area contributed by atoms with Crippen molar-refractivity contribution in [3.63, 3.8) is 0 Å². The largest absolute Gasteiger partial charge is 0.550 e. The highest BCUT2D eigenvalue weighted by Gasteiger charge is 1.95. The van der Waals surface area contributed by atoms with Gasteiger partial charge in [-0.05, 0) is 31.7 Å². The van der Waals surface area contributed by atoms with E-state index in [1.54, 1.807) is 6.20 Å². The van der Waals surface area contributed by atoms with E-state index in [9.17, 15) is 9.90 Å². The summed E-state index contributed by atoms with van der Waals surface area (Å²) in [5.74, 6) is -0.945. The van der Waals surface area contributed by atoms with Crippen molar-refractivity contribution >= 4 is 5.97 Å². The van der Waals surface area contributed by atoms with E-state index in [4.69, 9.17) is 0 Å². The topological polar surface area (TPSA) is 69.6 Å². The molecule has 88 valence electrons. The molecule has 0 aromatic carbocycles. The monoisotopic (exact) mass is 222 g/mol. The van der Waals surface area contributed by atoms with Gasteiger partial charge in [-0.15, -0.1) is 0 Å². The van der Waals surface area contributed by atoms with E-state index < -0.39 is 5.97 Å². The van der Waals surface area contributed by atoms with Gasteiger partial charge in [-0.2, -0.15) is 0 Å². The molecule has 0 bridgehead atoms. The van der Waals surface area contributed by atoms with Crippen LogP contribution in [0.2, 0.25) is 0 Å². The van der Waals surface area contributed by atoms with Crippen LogP contribution in [0.25, 0.3) is 0 Å². The molecular formula is C12H18N2O2. The Morgan fingerprint density at radius 1 is 1.38 bits per heavy atom. The van der Waals surface area contributed by atoms with E-state index >= 15 is 0 Å². The van der Waals surface area contributed by atoms with Crippen LogP contribution in [0.15, 0.2) is 24.5 Å². The number of carbonyl (C=O) groups excluding carboxylic acids is 1. The van der Waals surface area contributed by atoms with Gasteiger partial charge in [-0.1, -0.05) is 6.07 Å². The number of hydrogen-bond acceptors (Lipinski definition) is 3. The highest BCUT2D eigenvalue weighted by atomic mass is 16.4. The molecule has 1 aromatic heterocycles. The van der Waals surface area contributed by atoms with Crippen LogP contribution in [0.3, 0.4) is 0 Å². The molecule has 0 saturated heterocycles. The van der Waals surface area contributed by atoms with E-state index in [0.717, 1.165) is 32.4 Å². The van der Waals surface area contributed by atoms with E-state index in [0.29, 0.717) is 0 Å². The highest BCUT2D eigenvalue weighted by Crippen LogP contribution is 1.96. The van der Waals surface area contributed by atoms with Crippen LogP contribution >= 0.6 is 0 Å². The van der Waals surface area contributed by atoms with Gasteiger partial charge < -0.3 is 15.2 Å². The summed E-state index contributed by atoms with van der Waals surface area (Å²) in [6.07, 6.45) is 6.55. The van der Waals surface area contributed by atoms with Crippen LogP contribution in [-0.4, -0.2) is 17.5 Å². The minimum Gasteiger partial charge on any atom is -0.550 e. The van der Waals surface area contributed by atoms with E-state index in [1.165, 1.54) is 5.56 Å². The number of pyridine rings is 1. The SMILES string of the molecule is O=C([O-])CCCCC[NH2+]Cc1cccnc1. The second-order valence-corrected chi connectivity index (χ2v) is 3.83. The van der Waals surface area contributed by atoms with Crippen molar-refractivity contribution in [2.24, 2.45) is 0 Å². The number of hydrogen-bond donors (Lipinski definition) is 1. The molecule has 2 N–H and O–H groups in total. The van der Waals surface area contributed by atoms with Gasteiger partial charge in [0.05, 0.1) is 6.54 Å². The molecule has 1 aromatic rings. The number of nitrogens with two attached hydrogens (primary N) is 1. The van der Waals surface area contributed by atoms with Gasteiger partial charge >= 0.3 is 0 Å². The Hall–Kier alpha value is -1.42. The third kappa shape index (κ3) is 6.14. The molecule has 0 spiro atoms. The van der Waals surface area contributed by atoms with Crippen LogP contribution in [0.1, 0.15) is 31.2 Å². The van der Waals surface area contributed by atoms with Crippen molar-refractivity contribution in [1.29, 1.82) is 0 Å². The van der Waals surface area contributed by atoms with Crippen LogP contribution in [-0.2, 0) is 11.3 Å². The lowest BCUT2D eigenvalue weighted by atomic mass is 10.2. The van der Waals surface area contributed by atoms with Crippen molar-refractivity contribution in [2.75, 3.05) is 6.54 Å². The zero-order valence-corrected chi connectivity index (χ0v) is 9.39. The predicted molar refractivity (Wildman–Crippen MR) is 58.2 cm³/mol. The molecule has 0 fully saturated rings. The fourth-order valence-corrected chi connectivity index (χ4v) is 1.52. The first-order valence-electron chi connectivity index (χ1n) is 5.69. The summed E-state index contributed by atoms with van der Waals surface area (Å²) in [5.41, 5.74) is 1.22. The molecule has 0 radical (unpaired) electrons. The molecule has 0 aliphatic heterocycles. The Kier molecular flexibility index (Phi) is 6.18. The van der Waals surface area contributed by atoms with Crippen LogP contribution in [0, 0.1) is 0 Å². The Balaban J connectivity index is 1.94. The van der Waals surface area contributed by atoms with E-state index in [-0.39, 0.29) is 6.42 Å². The van der Waals surface area contributed by atoms with E-state index in [1.807, 2.05) is 12.3 Å². The van der Waals surface area contributed by atoms with Crippen molar-refractivity contribution in [2.45, 2.75) is 32.2 Å². The van der Waals surface area contributed by atoms with Crippen LogP contribution < -0.4 is 10.4 Å². The highest BCUT2D eigenvalue weighted by molar-refractivity contribution is 5.63. The number of carbonyl (C=O) groups is 1. The molecular weight excluding hydrogens is 204 g/mol. The Labute approximate surface area is 95.7 Å². The molecule has 4 nitrogen and oxygen atoms in total. The number of nitrogens with zero attached hydrogens (tertiary/aromatic N) is 1. The third-order valence-electron chi connectivity index (χ3n) is 2.39. The number of carboxylic acids is 1. The lowest BCUT2D eigenvalue weighted by Crippen LogP contribution is -2.82. The smallest absolute Gasteiger partial charge is 0.103 e. The summed E-state index contributed by atoms with van der Waals surface area (Å²) in [6, 6.07) is 3.99. The number of aromatic nitrogens is 1. The maximum atomic E-state index is 10.1. The molecule has 0 unspecified atom stereocenters. The first-order chi connectivity index (χ1) is 7.79. The molecule has 1 rings (SSSR count). The second-order valence-electron chi connectivity index (χ2n) is 3.83. The molecule has 0 aliphatic carbocycles. The van der Waals surface area contributed by atoms with Crippen LogP contribution in [0.4, 0.5) is 0 Å². The Morgan fingerprint density at radius 2 is 2.25 bits per heavy atom. The molecule has 0 amide bonds. The summed E-state index contributed by atoms with van der Waals surface area (Å²) in [4.78, 5) is 14.2. The second kappa shape index (κ2) is 7.82. The maximum Gasteiger partial charge on any atom is 0.103 e. The standard InChI is InChI=1S/C12H18N2O2/c15-12(16)6-2-1-3-7-13-9-11-5-4-8-14-10-11/h4-5,8,10,13H,1-3,6-7,9H2,(H,15,16). The van der Waals surface area contributed by atoms with Gasteiger partial charge in [0.25, 0.3) is 0 Å². The summed E-state index contributed by atoms with van der Waals surface area (Å²) >= 11 is 0.